The first-order chi connectivity index (χ1) is 9.82. The Morgan fingerprint density at radius 3 is 2.52 bits per heavy atom. The van der Waals surface area contributed by atoms with Crippen LogP contribution in [0.3, 0.4) is 0 Å². The van der Waals surface area contributed by atoms with Crippen molar-refractivity contribution in [2.24, 2.45) is 11.3 Å². The minimum absolute atomic E-state index is 0.0892. The van der Waals surface area contributed by atoms with Crippen molar-refractivity contribution in [3.05, 3.63) is 0 Å². The van der Waals surface area contributed by atoms with E-state index in [4.69, 9.17) is 0 Å². The van der Waals surface area contributed by atoms with Gasteiger partial charge in [-0.3, -0.25) is 9.59 Å². The molecule has 1 heterocycles. The smallest absolute Gasteiger partial charge is 0.226 e. The third-order valence-electron chi connectivity index (χ3n) is 4.58. The number of hydrogen-bond acceptors (Lipinski definition) is 3. The third kappa shape index (κ3) is 3.55. The first kappa shape index (κ1) is 15.8. The number of rotatable bonds is 3. The molecular formula is C16H25N3O2. The van der Waals surface area contributed by atoms with Crippen LogP contribution in [0.25, 0.3) is 0 Å². The van der Waals surface area contributed by atoms with E-state index in [-0.39, 0.29) is 29.6 Å². The fourth-order valence-corrected chi connectivity index (χ4v) is 3.18. The van der Waals surface area contributed by atoms with Crippen molar-refractivity contribution in [2.45, 2.75) is 65.0 Å². The molecule has 0 bridgehead atoms. The molecule has 0 aromatic rings. The zero-order chi connectivity index (χ0) is 15.6. The maximum Gasteiger partial charge on any atom is 0.226 e. The Hall–Kier alpha value is -1.57. The maximum absolute atomic E-state index is 12.3. The summed E-state index contributed by atoms with van der Waals surface area (Å²) in [6.45, 7) is 6.28. The fraction of sp³-hybridized carbons (Fsp3) is 0.812. The van der Waals surface area contributed by atoms with Crippen molar-refractivity contribution in [1.82, 2.24) is 10.2 Å². The van der Waals surface area contributed by atoms with E-state index >= 15 is 0 Å². The van der Waals surface area contributed by atoms with E-state index in [0.717, 1.165) is 12.8 Å². The Kier molecular flexibility index (Phi) is 4.55. The van der Waals surface area contributed by atoms with Crippen LogP contribution in [-0.4, -0.2) is 35.3 Å². The predicted octanol–water partition coefficient (Wildman–Crippen LogP) is 1.83. The number of nitrogens with one attached hydrogen (secondary N) is 1. The van der Waals surface area contributed by atoms with Gasteiger partial charge < -0.3 is 10.2 Å². The lowest BCUT2D eigenvalue weighted by Gasteiger charge is -2.27. The quantitative estimate of drug-likeness (QED) is 0.862. The van der Waals surface area contributed by atoms with E-state index in [1.807, 2.05) is 25.7 Å². The molecule has 2 rings (SSSR count). The minimum Gasteiger partial charge on any atom is -0.340 e. The highest BCUT2D eigenvalue weighted by Gasteiger charge is 2.39. The summed E-state index contributed by atoms with van der Waals surface area (Å²) in [5.41, 5.74) is -0.307. The van der Waals surface area contributed by atoms with Gasteiger partial charge in [0, 0.05) is 19.0 Å². The van der Waals surface area contributed by atoms with Gasteiger partial charge in [-0.05, 0) is 18.3 Å². The molecule has 0 aromatic heterocycles. The molecule has 0 radical (unpaired) electrons. The molecule has 0 unspecified atom stereocenters. The molecule has 1 saturated heterocycles. The van der Waals surface area contributed by atoms with Gasteiger partial charge in [0.1, 0.15) is 6.04 Å². The standard InChI is InChI=1S/C16H25N3O2/c1-16(2,3)13(9-17)18-15(21)11-8-14(20)19(10-11)12-6-4-5-7-12/h11-13H,4-8,10H2,1-3H3,(H,18,21)/t11-,13+/m0/s1. The minimum atomic E-state index is -0.527. The van der Waals surface area contributed by atoms with E-state index in [1.54, 1.807) is 0 Å². The molecule has 0 spiro atoms. The summed E-state index contributed by atoms with van der Waals surface area (Å²) >= 11 is 0. The van der Waals surface area contributed by atoms with Crippen molar-refractivity contribution in [3.8, 4) is 6.07 Å². The number of hydrogen-bond donors (Lipinski definition) is 1. The summed E-state index contributed by atoms with van der Waals surface area (Å²) in [6.07, 6.45) is 4.74. The number of carbonyl (C=O) groups excluding carboxylic acids is 2. The molecule has 21 heavy (non-hydrogen) atoms. The Balaban J connectivity index is 1.95. The Morgan fingerprint density at radius 1 is 1.38 bits per heavy atom. The van der Waals surface area contributed by atoms with Crippen LogP contribution in [0.2, 0.25) is 0 Å². The molecule has 2 amide bonds. The number of nitriles is 1. The van der Waals surface area contributed by atoms with Gasteiger partial charge in [0.05, 0.1) is 12.0 Å². The van der Waals surface area contributed by atoms with Crippen LogP contribution in [0.1, 0.15) is 52.9 Å². The highest BCUT2D eigenvalue weighted by Crippen LogP contribution is 2.30. The van der Waals surface area contributed by atoms with Gasteiger partial charge >= 0.3 is 0 Å². The van der Waals surface area contributed by atoms with Crippen LogP contribution < -0.4 is 5.32 Å². The van der Waals surface area contributed by atoms with E-state index in [9.17, 15) is 14.9 Å². The van der Waals surface area contributed by atoms with Gasteiger partial charge in [-0.25, -0.2) is 0 Å². The van der Waals surface area contributed by atoms with Gasteiger partial charge in [-0.1, -0.05) is 33.6 Å². The topological polar surface area (TPSA) is 73.2 Å². The van der Waals surface area contributed by atoms with Crippen molar-refractivity contribution < 1.29 is 9.59 Å². The van der Waals surface area contributed by atoms with Gasteiger partial charge in [0.25, 0.3) is 0 Å². The average molecular weight is 291 g/mol. The number of likely N-dealkylation sites (tertiary alicyclic amines) is 1. The van der Waals surface area contributed by atoms with Crippen LogP contribution in [0.15, 0.2) is 0 Å². The summed E-state index contributed by atoms with van der Waals surface area (Å²) < 4.78 is 0. The van der Waals surface area contributed by atoms with Crippen molar-refractivity contribution in [3.63, 3.8) is 0 Å². The first-order valence-corrected chi connectivity index (χ1v) is 7.82. The molecule has 1 aliphatic heterocycles. The van der Waals surface area contributed by atoms with Gasteiger partial charge in [-0.2, -0.15) is 5.26 Å². The molecule has 2 fully saturated rings. The van der Waals surface area contributed by atoms with E-state index < -0.39 is 6.04 Å². The van der Waals surface area contributed by atoms with Crippen LogP contribution in [0.5, 0.6) is 0 Å². The normalized spacial score (nSPS) is 25.0. The lowest BCUT2D eigenvalue weighted by Crippen LogP contribution is -2.46. The van der Waals surface area contributed by atoms with Gasteiger partial charge in [-0.15, -0.1) is 0 Å². The molecule has 5 nitrogen and oxygen atoms in total. The molecule has 2 aliphatic rings. The van der Waals surface area contributed by atoms with Crippen LogP contribution in [-0.2, 0) is 9.59 Å². The molecule has 5 heteroatoms. The maximum atomic E-state index is 12.3. The van der Waals surface area contributed by atoms with Crippen LogP contribution in [0.4, 0.5) is 0 Å². The lowest BCUT2D eigenvalue weighted by atomic mass is 9.87. The predicted molar refractivity (Wildman–Crippen MR) is 79.1 cm³/mol. The van der Waals surface area contributed by atoms with Gasteiger partial charge in [0.15, 0.2) is 0 Å². The first-order valence-electron chi connectivity index (χ1n) is 7.82. The second-order valence-corrected chi connectivity index (χ2v) is 7.32. The fourth-order valence-electron chi connectivity index (χ4n) is 3.18. The number of nitrogens with zero attached hydrogens (tertiary/aromatic N) is 2. The second kappa shape index (κ2) is 6.05. The Bertz CT molecular complexity index is 455. The van der Waals surface area contributed by atoms with Crippen molar-refractivity contribution in [2.75, 3.05) is 6.54 Å². The Labute approximate surface area is 126 Å². The van der Waals surface area contributed by atoms with E-state index in [1.165, 1.54) is 12.8 Å². The summed E-state index contributed by atoms with van der Waals surface area (Å²) in [6, 6.07) is 1.94. The monoisotopic (exact) mass is 291 g/mol. The molecule has 1 N–H and O–H groups in total. The highest BCUT2D eigenvalue weighted by molar-refractivity contribution is 5.89. The highest BCUT2D eigenvalue weighted by atomic mass is 16.2. The van der Waals surface area contributed by atoms with E-state index in [0.29, 0.717) is 12.6 Å². The third-order valence-corrected chi connectivity index (χ3v) is 4.58. The van der Waals surface area contributed by atoms with E-state index in [2.05, 4.69) is 11.4 Å². The lowest BCUT2D eigenvalue weighted by molar-refractivity contribution is -0.130. The molecular weight excluding hydrogens is 266 g/mol. The summed E-state index contributed by atoms with van der Waals surface area (Å²) in [5, 5.41) is 12.0. The van der Waals surface area contributed by atoms with Crippen molar-refractivity contribution >= 4 is 11.8 Å². The largest absolute Gasteiger partial charge is 0.340 e. The molecule has 2 atom stereocenters. The molecule has 1 saturated carbocycles. The molecule has 116 valence electrons. The number of amides is 2. The van der Waals surface area contributed by atoms with Crippen LogP contribution >= 0.6 is 0 Å². The zero-order valence-corrected chi connectivity index (χ0v) is 13.2. The average Bonchev–Trinajstić information content (AvgIpc) is 3.02. The zero-order valence-electron chi connectivity index (χ0n) is 13.2. The second-order valence-electron chi connectivity index (χ2n) is 7.32. The van der Waals surface area contributed by atoms with Gasteiger partial charge in [0.2, 0.25) is 11.8 Å². The number of carbonyl (C=O) groups is 2. The molecule has 1 aliphatic carbocycles. The SMILES string of the molecule is CC(C)(C)[C@@H](C#N)NC(=O)[C@H]1CC(=O)N(C2CCCC2)C1. The summed E-state index contributed by atoms with van der Waals surface area (Å²) in [4.78, 5) is 26.3. The summed E-state index contributed by atoms with van der Waals surface area (Å²) in [5.74, 6) is -0.382. The van der Waals surface area contributed by atoms with Crippen LogP contribution in [0, 0.1) is 22.7 Å². The Morgan fingerprint density at radius 2 is 2.00 bits per heavy atom. The molecule has 0 aromatic carbocycles. The van der Waals surface area contributed by atoms with Crippen molar-refractivity contribution in [1.29, 1.82) is 5.26 Å². The summed E-state index contributed by atoms with van der Waals surface area (Å²) in [7, 11) is 0.